The van der Waals surface area contributed by atoms with E-state index in [4.69, 9.17) is 4.74 Å². The molecule has 4 nitrogen and oxygen atoms in total. The molecule has 0 saturated carbocycles. The molecule has 0 heterocycles. The van der Waals surface area contributed by atoms with Crippen molar-refractivity contribution in [2.24, 2.45) is 0 Å². The molecule has 0 radical (unpaired) electrons. The Morgan fingerprint density at radius 2 is 1.84 bits per heavy atom. The first-order valence-electron chi connectivity index (χ1n) is 7.84. The molecule has 2 aromatic rings. The van der Waals surface area contributed by atoms with Crippen LogP contribution >= 0.6 is 15.9 Å². The zero-order valence-corrected chi connectivity index (χ0v) is 15.6. The van der Waals surface area contributed by atoms with Gasteiger partial charge in [-0.1, -0.05) is 30.3 Å². The summed E-state index contributed by atoms with van der Waals surface area (Å²) in [6.07, 6.45) is 0. The van der Waals surface area contributed by atoms with Crippen LogP contribution in [0.4, 0.5) is 4.39 Å². The summed E-state index contributed by atoms with van der Waals surface area (Å²) >= 11 is 3.17. The SMILES string of the molecule is CC(C)N(Cc1ccccc1)C(=O)COC(=O)c1cc(F)ccc1Br. The van der Waals surface area contributed by atoms with E-state index in [0.29, 0.717) is 11.0 Å². The number of hydrogen-bond acceptors (Lipinski definition) is 3. The van der Waals surface area contributed by atoms with Crippen LogP contribution in [0.15, 0.2) is 53.0 Å². The van der Waals surface area contributed by atoms with Crippen molar-refractivity contribution < 1.29 is 18.7 Å². The summed E-state index contributed by atoms with van der Waals surface area (Å²) in [4.78, 5) is 26.2. The molecule has 0 fully saturated rings. The summed E-state index contributed by atoms with van der Waals surface area (Å²) in [7, 11) is 0. The Labute approximate surface area is 154 Å². The zero-order valence-electron chi connectivity index (χ0n) is 14.0. The van der Waals surface area contributed by atoms with Crippen molar-refractivity contribution in [2.45, 2.75) is 26.4 Å². The van der Waals surface area contributed by atoms with E-state index in [1.807, 2.05) is 44.2 Å². The summed E-state index contributed by atoms with van der Waals surface area (Å²) in [5.74, 6) is -1.60. The largest absolute Gasteiger partial charge is 0.452 e. The van der Waals surface area contributed by atoms with E-state index in [2.05, 4.69) is 15.9 Å². The van der Waals surface area contributed by atoms with Crippen molar-refractivity contribution in [3.63, 3.8) is 0 Å². The highest BCUT2D eigenvalue weighted by molar-refractivity contribution is 9.10. The Bertz CT molecular complexity index is 750. The van der Waals surface area contributed by atoms with Gasteiger partial charge >= 0.3 is 5.97 Å². The van der Waals surface area contributed by atoms with Gasteiger partial charge < -0.3 is 9.64 Å². The van der Waals surface area contributed by atoms with Gasteiger partial charge in [0.25, 0.3) is 5.91 Å². The van der Waals surface area contributed by atoms with E-state index >= 15 is 0 Å². The van der Waals surface area contributed by atoms with Crippen molar-refractivity contribution in [1.82, 2.24) is 4.90 Å². The fraction of sp³-hybridized carbons (Fsp3) is 0.263. The summed E-state index contributed by atoms with van der Waals surface area (Å²) in [5, 5.41) is 0. The first kappa shape index (κ1) is 19.1. The summed E-state index contributed by atoms with van der Waals surface area (Å²) in [5.41, 5.74) is 1.04. The van der Waals surface area contributed by atoms with E-state index in [1.165, 1.54) is 12.1 Å². The lowest BCUT2D eigenvalue weighted by Gasteiger charge is -2.26. The molecule has 0 unspecified atom stereocenters. The Balaban J connectivity index is 2.01. The van der Waals surface area contributed by atoms with Gasteiger partial charge in [-0.05, 0) is 53.5 Å². The molecule has 0 aromatic heterocycles. The van der Waals surface area contributed by atoms with Gasteiger partial charge in [-0.2, -0.15) is 0 Å². The van der Waals surface area contributed by atoms with Crippen LogP contribution in [0.25, 0.3) is 0 Å². The highest BCUT2D eigenvalue weighted by atomic mass is 79.9. The molecule has 6 heteroatoms. The van der Waals surface area contributed by atoms with Crippen LogP contribution in [-0.2, 0) is 16.1 Å². The predicted octanol–water partition coefficient (Wildman–Crippen LogP) is 4.18. The first-order valence-corrected chi connectivity index (χ1v) is 8.63. The van der Waals surface area contributed by atoms with Crippen molar-refractivity contribution in [1.29, 1.82) is 0 Å². The highest BCUT2D eigenvalue weighted by Gasteiger charge is 2.20. The van der Waals surface area contributed by atoms with Gasteiger partial charge in [0.05, 0.1) is 5.56 Å². The van der Waals surface area contributed by atoms with Crippen LogP contribution in [0.1, 0.15) is 29.8 Å². The van der Waals surface area contributed by atoms with Gasteiger partial charge in [0.2, 0.25) is 0 Å². The molecule has 25 heavy (non-hydrogen) atoms. The second-order valence-corrected chi connectivity index (χ2v) is 6.66. The van der Waals surface area contributed by atoms with E-state index < -0.39 is 18.4 Å². The highest BCUT2D eigenvalue weighted by Crippen LogP contribution is 2.19. The maximum Gasteiger partial charge on any atom is 0.339 e. The average Bonchev–Trinajstić information content (AvgIpc) is 2.60. The number of nitrogens with zero attached hydrogens (tertiary/aromatic N) is 1. The van der Waals surface area contributed by atoms with E-state index in [9.17, 15) is 14.0 Å². The summed E-state index contributed by atoms with van der Waals surface area (Å²) < 4.78 is 18.8. The number of amides is 1. The standard InChI is InChI=1S/C19H19BrFNO3/c1-13(2)22(11-14-6-4-3-5-7-14)18(23)12-25-19(24)16-10-15(21)8-9-17(16)20/h3-10,13H,11-12H2,1-2H3. The third kappa shape index (κ3) is 5.39. The predicted molar refractivity (Wildman–Crippen MR) is 96.5 cm³/mol. The third-order valence-electron chi connectivity index (χ3n) is 3.61. The number of rotatable bonds is 6. The molecule has 0 aliphatic heterocycles. The van der Waals surface area contributed by atoms with Gasteiger partial charge in [-0.3, -0.25) is 4.79 Å². The lowest BCUT2D eigenvalue weighted by molar-refractivity contribution is -0.136. The smallest absolute Gasteiger partial charge is 0.339 e. The quantitative estimate of drug-likeness (QED) is 0.674. The lowest BCUT2D eigenvalue weighted by Crippen LogP contribution is -2.39. The maximum absolute atomic E-state index is 13.3. The molecular formula is C19H19BrFNO3. The van der Waals surface area contributed by atoms with Crippen LogP contribution in [-0.4, -0.2) is 29.4 Å². The van der Waals surface area contributed by atoms with Crippen molar-refractivity contribution in [2.75, 3.05) is 6.61 Å². The third-order valence-corrected chi connectivity index (χ3v) is 4.31. The number of hydrogen-bond donors (Lipinski definition) is 0. The Morgan fingerprint density at radius 1 is 1.16 bits per heavy atom. The normalized spacial score (nSPS) is 10.6. The van der Waals surface area contributed by atoms with Crippen LogP contribution in [0.3, 0.4) is 0 Å². The minimum Gasteiger partial charge on any atom is -0.452 e. The molecule has 132 valence electrons. The molecule has 0 spiro atoms. The first-order chi connectivity index (χ1) is 11.9. The molecule has 1 amide bonds. The van der Waals surface area contributed by atoms with Crippen LogP contribution in [0.2, 0.25) is 0 Å². The summed E-state index contributed by atoms with van der Waals surface area (Å²) in [6, 6.07) is 13.2. The number of esters is 1. The molecule has 2 aromatic carbocycles. The van der Waals surface area contributed by atoms with Gasteiger partial charge in [-0.25, -0.2) is 9.18 Å². The van der Waals surface area contributed by atoms with Crippen LogP contribution in [0.5, 0.6) is 0 Å². The molecule has 0 aliphatic carbocycles. The number of benzene rings is 2. The minimum absolute atomic E-state index is 0.0481. The van der Waals surface area contributed by atoms with Gasteiger partial charge in [0, 0.05) is 17.1 Å². The van der Waals surface area contributed by atoms with Crippen molar-refractivity contribution in [3.05, 3.63) is 69.9 Å². The lowest BCUT2D eigenvalue weighted by atomic mass is 10.2. The Kier molecular flexibility index (Phi) is 6.70. The molecule has 0 bridgehead atoms. The summed E-state index contributed by atoms with van der Waals surface area (Å²) in [6.45, 7) is 3.82. The monoisotopic (exact) mass is 407 g/mol. The van der Waals surface area contributed by atoms with Gasteiger partial charge in [0.15, 0.2) is 6.61 Å². The van der Waals surface area contributed by atoms with Crippen molar-refractivity contribution >= 4 is 27.8 Å². The van der Waals surface area contributed by atoms with Crippen molar-refractivity contribution in [3.8, 4) is 0 Å². The number of carbonyl (C=O) groups is 2. The minimum atomic E-state index is -0.747. The molecule has 0 atom stereocenters. The molecule has 0 aliphatic rings. The van der Waals surface area contributed by atoms with Gasteiger partial charge in [-0.15, -0.1) is 0 Å². The van der Waals surface area contributed by atoms with E-state index in [0.717, 1.165) is 11.6 Å². The fourth-order valence-electron chi connectivity index (χ4n) is 2.28. The fourth-order valence-corrected chi connectivity index (χ4v) is 2.69. The molecule has 0 saturated heterocycles. The average molecular weight is 408 g/mol. The van der Waals surface area contributed by atoms with E-state index in [1.54, 1.807) is 4.90 Å². The number of ether oxygens (including phenoxy) is 1. The Morgan fingerprint density at radius 3 is 2.48 bits per heavy atom. The molecule has 0 N–H and O–H groups in total. The number of carbonyl (C=O) groups excluding carboxylic acids is 2. The van der Waals surface area contributed by atoms with Crippen LogP contribution in [0, 0.1) is 5.82 Å². The maximum atomic E-state index is 13.3. The van der Waals surface area contributed by atoms with Gasteiger partial charge in [0.1, 0.15) is 5.82 Å². The topological polar surface area (TPSA) is 46.6 Å². The van der Waals surface area contributed by atoms with Crippen LogP contribution < -0.4 is 0 Å². The zero-order chi connectivity index (χ0) is 18.4. The number of halogens is 2. The second kappa shape index (κ2) is 8.76. The molecular weight excluding hydrogens is 389 g/mol. The second-order valence-electron chi connectivity index (χ2n) is 5.80. The molecule has 2 rings (SSSR count). The van der Waals surface area contributed by atoms with E-state index in [-0.39, 0.29) is 17.5 Å². The Hall–Kier alpha value is -2.21.